The largest absolute Gasteiger partial charge is 0.341 e. The highest BCUT2D eigenvalue weighted by atomic mass is 35.5. The molecule has 0 spiro atoms. The van der Waals surface area contributed by atoms with Crippen molar-refractivity contribution in [2.75, 3.05) is 20.1 Å². The van der Waals surface area contributed by atoms with Crippen LogP contribution in [0.5, 0.6) is 0 Å². The van der Waals surface area contributed by atoms with E-state index >= 15 is 0 Å². The number of carbonyl (C=O) groups is 1. The van der Waals surface area contributed by atoms with Crippen molar-refractivity contribution in [2.45, 2.75) is 24.3 Å². The average Bonchev–Trinajstić information content (AvgIpc) is 2.69. The van der Waals surface area contributed by atoms with Crippen LogP contribution >= 0.6 is 11.6 Å². The number of amides is 1. The summed E-state index contributed by atoms with van der Waals surface area (Å²) in [6, 6.07) is 12.7. The quantitative estimate of drug-likeness (QED) is 0.737. The van der Waals surface area contributed by atoms with Crippen LogP contribution in [0.15, 0.2) is 53.4 Å². The van der Waals surface area contributed by atoms with Crippen molar-refractivity contribution in [2.24, 2.45) is 5.92 Å². The summed E-state index contributed by atoms with van der Waals surface area (Å²) in [5.74, 6) is -1.02. The fourth-order valence-electron chi connectivity index (χ4n) is 3.39. The normalized spacial score (nSPS) is 16.1. The zero-order chi connectivity index (χ0) is 20.3. The molecule has 150 valence electrons. The summed E-state index contributed by atoms with van der Waals surface area (Å²) in [6.45, 7) is 0.855. The summed E-state index contributed by atoms with van der Waals surface area (Å²) in [4.78, 5) is 14.0. The molecule has 0 radical (unpaired) electrons. The second-order valence-corrected chi connectivity index (χ2v) is 9.27. The van der Waals surface area contributed by atoms with Gasteiger partial charge in [-0.3, -0.25) is 4.79 Å². The fraction of sp³-hybridized carbons (Fsp3) is 0.350. The number of nitrogens with zero attached hydrogens (tertiary/aromatic N) is 2. The molecule has 1 aliphatic rings. The molecule has 0 atom stereocenters. The molecule has 1 fully saturated rings. The number of carbonyl (C=O) groups excluding carboxylic acids is 1. The third-order valence-corrected chi connectivity index (χ3v) is 7.15. The standard InChI is InChI=1S/C20H22ClFN2O3S/c1-23(14-15-6-8-17(21)9-7-15)20(25)16-10-12-24(13-11-16)28(26,27)19-5-3-2-4-18(19)22/h2-9,16H,10-14H2,1H3. The Morgan fingerprint density at radius 3 is 2.36 bits per heavy atom. The summed E-state index contributed by atoms with van der Waals surface area (Å²) in [6.07, 6.45) is 0.828. The lowest BCUT2D eigenvalue weighted by Gasteiger charge is -2.32. The van der Waals surface area contributed by atoms with Gasteiger partial charge in [0.1, 0.15) is 10.7 Å². The van der Waals surface area contributed by atoms with Gasteiger partial charge in [0.15, 0.2) is 0 Å². The number of hydrogen-bond acceptors (Lipinski definition) is 3. The van der Waals surface area contributed by atoms with E-state index in [-0.39, 0.29) is 29.8 Å². The molecule has 5 nitrogen and oxygen atoms in total. The van der Waals surface area contributed by atoms with Crippen molar-refractivity contribution in [3.63, 3.8) is 0 Å². The molecule has 28 heavy (non-hydrogen) atoms. The van der Waals surface area contributed by atoms with Gasteiger partial charge in [0.05, 0.1) is 0 Å². The van der Waals surface area contributed by atoms with E-state index in [0.717, 1.165) is 11.6 Å². The lowest BCUT2D eigenvalue weighted by Crippen LogP contribution is -2.43. The summed E-state index contributed by atoms with van der Waals surface area (Å²) >= 11 is 5.88. The Bertz CT molecular complexity index is 942. The van der Waals surface area contributed by atoms with Crippen molar-refractivity contribution in [1.82, 2.24) is 9.21 Å². The van der Waals surface area contributed by atoms with Gasteiger partial charge in [0.2, 0.25) is 15.9 Å². The highest BCUT2D eigenvalue weighted by Gasteiger charge is 2.34. The Balaban J connectivity index is 1.60. The van der Waals surface area contributed by atoms with Crippen molar-refractivity contribution in [3.05, 3.63) is 64.9 Å². The van der Waals surface area contributed by atoms with Gasteiger partial charge >= 0.3 is 0 Å². The second kappa shape index (κ2) is 8.59. The van der Waals surface area contributed by atoms with E-state index in [9.17, 15) is 17.6 Å². The molecule has 0 unspecified atom stereocenters. The fourth-order valence-corrected chi connectivity index (χ4v) is 5.05. The van der Waals surface area contributed by atoms with E-state index in [4.69, 9.17) is 11.6 Å². The third-order valence-electron chi connectivity index (χ3n) is 4.97. The summed E-state index contributed by atoms with van der Waals surface area (Å²) in [7, 11) is -2.16. The Morgan fingerprint density at radius 1 is 1.14 bits per heavy atom. The van der Waals surface area contributed by atoms with Crippen molar-refractivity contribution in [3.8, 4) is 0 Å². The monoisotopic (exact) mass is 424 g/mol. The number of rotatable bonds is 5. The summed E-state index contributed by atoms with van der Waals surface area (Å²) in [5.41, 5.74) is 0.972. The van der Waals surface area contributed by atoms with Gasteiger partial charge in [0, 0.05) is 37.6 Å². The van der Waals surface area contributed by atoms with Crippen molar-refractivity contribution >= 4 is 27.5 Å². The zero-order valence-corrected chi connectivity index (χ0v) is 17.1. The lowest BCUT2D eigenvalue weighted by molar-refractivity contribution is -0.135. The maximum absolute atomic E-state index is 13.9. The van der Waals surface area contributed by atoms with Gasteiger partial charge in [-0.15, -0.1) is 0 Å². The van der Waals surface area contributed by atoms with Gasteiger partial charge in [-0.2, -0.15) is 4.31 Å². The minimum atomic E-state index is -3.89. The molecule has 2 aromatic carbocycles. The highest BCUT2D eigenvalue weighted by Crippen LogP contribution is 2.26. The maximum atomic E-state index is 13.9. The third kappa shape index (κ3) is 4.54. The van der Waals surface area contributed by atoms with E-state index in [1.807, 2.05) is 12.1 Å². The predicted octanol–water partition coefficient (Wildman–Crippen LogP) is 3.54. The number of benzene rings is 2. The summed E-state index contributed by atoms with van der Waals surface area (Å²) < 4.78 is 40.5. The molecular weight excluding hydrogens is 403 g/mol. The number of sulfonamides is 1. The topological polar surface area (TPSA) is 57.7 Å². The van der Waals surface area contributed by atoms with Crippen molar-refractivity contribution in [1.29, 1.82) is 0 Å². The van der Waals surface area contributed by atoms with Gasteiger partial charge in [-0.25, -0.2) is 12.8 Å². The molecule has 0 bridgehead atoms. The van der Waals surface area contributed by atoms with Crippen LogP contribution in [0.2, 0.25) is 5.02 Å². The lowest BCUT2D eigenvalue weighted by atomic mass is 9.96. The molecule has 8 heteroatoms. The van der Waals surface area contributed by atoms with Crippen molar-refractivity contribution < 1.29 is 17.6 Å². The predicted molar refractivity (Wildman–Crippen MR) is 106 cm³/mol. The van der Waals surface area contributed by atoms with Crippen LogP contribution < -0.4 is 0 Å². The first-order chi connectivity index (χ1) is 13.3. The van der Waals surface area contributed by atoms with E-state index < -0.39 is 15.8 Å². The maximum Gasteiger partial charge on any atom is 0.245 e. The average molecular weight is 425 g/mol. The van der Waals surface area contributed by atoms with E-state index in [0.29, 0.717) is 24.4 Å². The molecule has 2 aromatic rings. The minimum absolute atomic E-state index is 0.0158. The van der Waals surface area contributed by atoms with E-state index in [1.54, 1.807) is 24.1 Å². The first kappa shape index (κ1) is 20.8. The Hall–Kier alpha value is -1.96. The number of halogens is 2. The number of piperidine rings is 1. The molecule has 3 rings (SSSR count). The Kier molecular flexibility index (Phi) is 6.37. The molecule has 1 aliphatic heterocycles. The van der Waals surface area contributed by atoms with Crippen LogP contribution in [0.25, 0.3) is 0 Å². The molecule has 0 N–H and O–H groups in total. The van der Waals surface area contributed by atoms with Crippen LogP contribution in [0.3, 0.4) is 0 Å². The molecular formula is C20H22ClFN2O3S. The van der Waals surface area contributed by atoms with Crippen LogP contribution in [0, 0.1) is 11.7 Å². The van der Waals surface area contributed by atoms with Gasteiger partial charge in [-0.1, -0.05) is 35.9 Å². The molecule has 0 aliphatic carbocycles. The summed E-state index contributed by atoms with van der Waals surface area (Å²) in [5, 5.41) is 0.640. The molecule has 1 heterocycles. The molecule has 0 aromatic heterocycles. The smallest absolute Gasteiger partial charge is 0.245 e. The van der Waals surface area contributed by atoms with Gasteiger partial charge in [0.25, 0.3) is 0 Å². The zero-order valence-electron chi connectivity index (χ0n) is 15.5. The van der Waals surface area contributed by atoms with Crippen LogP contribution in [0.4, 0.5) is 4.39 Å². The minimum Gasteiger partial charge on any atom is -0.341 e. The highest BCUT2D eigenvalue weighted by molar-refractivity contribution is 7.89. The first-order valence-corrected chi connectivity index (χ1v) is 10.8. The van der Waals surface area contributed by atoms with Gasteiger partial charge < -0.3 is 4.90 Å². The van der Waals surface area contributed by atoms with Gasteiger partial charge in [-0.05, 0) is 42.7 Å². The molecule has 1 amide bonds. The van der Waals surface area contributed by atoms with Crippen LogP contribution in [-0.4, -0.2) is 43.7 Å². The van der Waals surface area contributed by atoms with E-state index in [1.165, 1.54) is 22.5 Å². The first-order valence-electron chi connectivity index (χ1n) is 9.03. The SMILES string of the molecule is CN(Cc1ccc(Cl)cc1)C(=O)C1CCN(S(=O)(=O)c2ccccc2F)CC1. The molecule has 0 saturated carbocycles. The molecule has 1 saturated heterocycles. The Morgan fingerprint density at radius 2 is 1.75 bits per heavy atom. The van der Waals surface area contributed by atoms with Crippen LogP contribution in [0.1, 0.15) is 18.4 Å². The van der Waals surface area contributed by atoms with Crippen LogP contribution in [-0.2, 0) is 21.4 Å². The Labute approximate surface area is 169 Å². The number of hydrogen-bond donors (Lipinski definition) is 0. The second-order valence-electron chi connectivity index (χ2n) is 6.93. The van der Waals surface area contributed by atoms with E-state index in [2.05, 4.69) is 0 Å².